The van der Waals surface area contributed by atoms with E-state index in [0.717, 1.165) is 80.9 Å². The first-order valence-electron chi connectivity index (χ1n) is 17.0. The number of hydrogen-bond donors (Lipinski definition) is 1. The Kier molecular flexibility index (Phi) is 8.72. The Morgan fingerprint density at radius 2 is 1.70 bits per heavy atom. The maximum absolute atomic E-state index is 14.5. The molecule has 4 aliphatic rings. The maximum atomic E-state index is 14.5. The highest BCUT2D eigenvalue weighted by Crippen LogP contribution is 2.58. The molecule has 4 fully saturated rings. The van der Waals surface area contributed by atoms with Gasteiger partial charge in [0.15, 0.2) is 0 Å². The van der Waals surface area contributed by atoms with Gasteiger partial charge in [0.1, 0.15) is 5.82 Å². The minimum atomic E-state index is -0.752. The lowest BCUT2D eigenvalue weighted by Crippen LogP contribution is -2.52. The molecule has 0 aliphatic heterocycles. The zero-order valence-electron chi connectivity index (χ0n) is 28.1. The smallest absolute Gasteiger partial charge is 0.303 e. The number of carboxylic acid groups (broad SMARTS) is 1. The fourth-order valence-corrected chi connectivity index (χ4v) is 8.27. The average molecular weight is 628 g/mol. The highest BCUT2D eigenvalue weighted by molar-refractivity contribution is 5.95. The molecular weight excluding hydrogens is 578 g/mol. The van der Waals surface area contributed by atoms with Crippen LogP contribution in [0, 0.1) is 24.2 Å². The summed E-state index contributed by atoms with van der Waals surface area (Å²) in [5, 5.41) is 13.9. The first-order chi connectivity index (χ1) is 21.9. The molecule has 2 bridgehead atoms. The molecule has 7 rings (SSSR count). The van der Waals surface area contributed by atoms with Crippen molar-refractivity contribution in [2.75, 3.05) is 18.6 Å². The molecule has 0 unspecified atom stereocenters. The molecule has 0 spiro atoms. The fourth-order valence-electron chi connectivity index (χ4n) is 8.27. The van der Waals surface area contributed by atoms with Gasteiger partial charge < -0.3 is 9.84 Å². The number of carbonyl (C=O) groups is 2. The minimum Gasteiger partial charge on any atom is -0.481 e. The van der Waals surface area contributed by atoms with E-state index >= 15 is 0 Å². The van der Waals surface area contributed by atoms with Crippen LogP contribution < -0.4 is 9.64 Å². The van der Waals surface area contributed by atoms with Crippen LogP contribution in [-0.2, 0) is 20.5 Å². The SMILES string of the molecule is COc1ncc(C23CCC(CN(c4cc(-c5cnn(C(C)(C)C)c5)ccn4)C(=O)[C@H]4CC[C@H](CC(=O)O)CC4)(CC2)CC3)cc1C. The Morgan fingerprint density at radius 1 is 1.00 bits per heavy atom. The van der Waals surface area contributed by atoms with Gasteiger partial charge in [0.2, 0.25) is 11.8 Å². The van der Waals surface area contributed by atoms with Crippen molar-refractivity contribution in [3.63, 3.8) is 0 Å². The average Bonchev–Trinajstić information content (AvgIpc) is 3.56. The van der Waals surface area contributed by atoms with Crippen molar-refractivity contribution in [3.05, 3.63) is 54.1 Å². The minimum absolute atomic E-state index is 0.0433. The molecule has 46 heavy (non-hydrogen) atoms. The summed E-state index contributed by atoms with van der Waals surface area (Å²) in [6.45, 7) is 9.11. The van der Waals surface area contributed by atoms with Crippen molar-refractivity contribution in [2.24, 2.45) is 17.3 Å². The number of aromatic nitrogens is 4. The van der Waals surface area contributed by atoms with Crippen LogP contribution in [0.4, 0.5) is 5.82 Å². The summed E-state index contributed by atoms with van der Waals surface area (Å²) in [7, 11) is 1.67. The van der Waals surface area contributed by atoms with Crippen LogP contribution in [0.15, 0.2) is 43.0 Å². The third kappa shape index (κ3) is 6.42. The van der Waals surface area contributed by atoms with Gasteiger partial charge in [-0.25, -0.2) is 9.97 Å². The van der Waals surface area contributed by atoms with Crippen molar-refractivity contribution >= 4 is 17.7 Å². The monoisotopic (exact) mass is 627 g/mol. The number of amides is 1. The van der Waals surface area contributed by atoms with Gasteiger partial charge in [-0.1, -0.05) is 0 Å². The molecular formula is C37H49N5O4. The van der Waals surface area contributed by atoms with Gasteiger partial charge in [-0.05, 0) is 138 Å². The number of aliphatic carboxylic acids is 1. The number of carboxylic acids is 1. The van der Waals surface area contributed by atoms with Crippen LogP contribution in [-0.4, -0.2) is 50.4 Å². The molecule has 4 saturated carbocycles. The lowest BCUT2D eigenvalue weighted by Gasteiger charge is -2.55. The van der Waals surface area contributed by atoms with Gasteiger partial charge in [-0.2, -0.15) is 5.10 Å². The second-order valence-electron chi connectivity index (χ2n) is 15.3. The van der Waals surface area contributed by atoms with Crippen molar-refractivity contribution in [3.8, 4) is 17.0 Å². The van der Waals surface area contributed by atoms with Gasteiger partial charge in [0.25, 0.3) is 0 Å². The van der Waals surface area contributed by atoms with E-state index < -0.39 is 5.97 Å². The van der Waals surface area contributed by atoms with Crippen LogP contribution in [0.5, 0.6) is 5.88 Å². The lowest BCUT2D eigenvalue weighted by molar-refractivity contribution is -0.138. The van der Waals surface area contributed by atoms with Crippen molar-refractivity contribution in [1.82, 2.24) is 19.7 Å². The molecule has 3 aromatic heterocycles. The largest absolute Gasteiger partial charge is 0.481 e. The molecule has 1 amide bonds. The number of nitrogens with zero attached hydrogens (tertiary/aromatic N) is 5. The van der Waals surface area contributed by atoms with E-state index in [1.165, 1.54) is 5.56 Å². The van der Waals surface area contributed by atoms with Crippen LogP contribution in [0.3, 0.4) is 0 Å². The molecule has 4 aliphatic carbocycles. The van der Waals surface area contributed by atoms with Crippen LogP contribution >= 0.6 is 0 Å². The van der Waals surface area contributed by atoms with Crippen molar-refractivity contribution in [1.29, 1.82) is 0 Å². The number of ether oxygens (including phenoxy) is 1. The zero-order valence-corrected chi connectivity index (χ0v) is 28.1. The second kappa shape index (κ2) is 12.5. The molecule has 3 aromatic rings. The summed E-state index contributed by atoms with van der Waals surface area (Å²) in [6, 6.07) is 6.31. The number of methoxy groups -OCH3 is 1. The molecule has 9 nitrogen and oxygen atoms in total. The van der Waals surface area contributed by atoms with Crippen molar-refractivity contribution in [2.45, 2.75) is 109 Å². The second-order valence-corrected chi connectivity index (χ2v) is 15.3. The fraction of sp³-hybridized carbons (Fsp3) is 0.595. The molecule has 9 heteroatoms. The van der Waals surface area contributed by atoms with E-state index in [-0.39, 0.29) is 40.5 Å². The summed E-state index contributed by atoms with van der Waals surface area (Å²) < 4.78 is 7.40. The topological polar surface area (TPSA) is 110 Å². The van der Waals surface area contributed by atoms with Gasteiger partial charge >= 0.3 is 5.97 Å². The number of aryl methyl sites for hydroxylation is 1. The standard InChI is InChI=1S/C37H49N5O4/c1-25-18-30(22-39-33(25)46-5)37-14-11-36(12-15-37,13-16-37)24-41(34(45)27-8-6-26(7-9-27)19-32(43)44)31-20-28(10-17-38-31)29-21-40-42(23-29)35(2,3)4/h10,17-18,20-23,26-27H,6-9,11-16,19,24H2,1-5H3,(H,43,44)/t26-,27-,36?,37?. The number of hydrogen-bond acceptors (Lipinski definition) is 6. The van der Waals surface area contributed by atoms with E-state index in [1.54, 1.807) is 7.11 Å². The number of fused-ring (bicyclic) bond motifs is 3. The third-order valence-electron chi connectivity index (χ3n) is 11.3. The highest BCUT2D eigenvalue weighted by Gasteiger charge is 2.51. The summed E-state index contributed by atoms with van der Waals surface area (Å²) in [4.78, 5) is 37.2. The molecule has 3 heterocycles. The van der Waals surface area contributed by atoms with Gasteiger partial charge in [0, 0.05) is 48.6 Å². The predicted molar refractivity (Wildman–Crippen MR) is 178 cm³/mol. The summed E-state index contributed by atoms with van der Waals surface area (Å²) in [5.41, 5.74) is 4.43. The van der Waals surface area contributed by atoms with Gasteiger partial charge in [-0.3, -0.25) is 19.2 Å². The van der Waals surface area contributed by atoms with Crippen LogP contribution in [0.25, 0.3) is 11.1 Å². The van der Waals surface area contributed by atoms with E-state index in [2.05, 4.69) is 56.1 Å². The molecule has 246 valence electrons. The number of anilines is 1. The normalized spacial score (nSPS) is 26.1. The molecule has 1 N–H and O–H groups in total. The number of carbonyl (C=O) groups excluding carboxylic acids is 1. The quantitative estimate of drug-likeness (QED) is 0.265. The lowest BCUT2D eigenvalue weighted by atomic mass is 9.52. The summed E-state index contributed by atoms with van der Waals surface area (Å²) in [5.74, 6) is 0.803. The molecule has 0 radical (unpaired) electrons. The van der Waals surface area contributed by atoms with Gasteiger partial charge in [0.05, 0.1) is 18.8 Å². The molecule has 0 atom stereocenters. The van der Waals surface area contributed by atoms with Crippen LogP contribution in [0.1, 0.15) is 103 Å². The highest BCUT2D eigenvalue weighted by atomic mass is 16.5. The Morgan fingerprint density at radius 3 is 2.28 bits per heavy atom. The molecule has 0 saturated heterocycles. The van der Waals surface area contributed by atoms with Crippen molar-refractivity contribution < 1.29 is 19.4 Å². The van der Waals surface area contributed by atoms with E-state index in [4.69, 9.17) is 9.72 Å². The Bertz CT molecular complexity index is 1560. The summed E-state index contributed by atoms with van der Waals surface area (Å²) in [6.07, 6.45) is 17.4. The number of rotatable bonds is 9. The Balaban J connectivity index is 1.26. The zero-order chi connectivity index (χ0) is 32.7. The first kappa shape index (κ1) is 32.2. The Hall–Kier alpha value is -3.75. The van der Waals surface area contributed by atoms with Crippen LogP contribution in [0.2, 0.25) is 0 Å². The van der Waals surface area contributed by atoms with E-state index in [0.29, 0.717) is 18.2 Å². The predicted octanol–water partition coefficient (Wildman–Crippen LogP) is 7.32. The first-order valence-corrected chi connectivity index (χ1v) is 17.0. The van der Waals surface area contributed by atoms with E-state index in [1.807, 2.05) is 34.2 Å². The maximum Gasteiger partial charge on any atom is 0.303 e. The van der Waals surface area contributed by atoms with E-state index in [9.17, 15) is 14.7 Å². The number of pyridine rings is 2. The summed E-state index contributed by atoms with van der Waals surface area (Å²) >= 11 is 0. The van der Waals surface area contributed by atoms with Gasteiger partial charge in [-0.15, -0.1) is 0 Å². The Labute approximate surface area is 272 Å². The molecule has 0 aromatic carbocycles. The third-order valence-corrected chi connectivity index (χ3v) is 11.3.